The average molecular weight is 451 g/mol. The van der Waals surface area contributed by atoms with Gasteiger partial charge in [0.15, 0.2) is 6.29 Å². The van der Waals surface area contributed by atoms with Crippen LogP contribution in [-0.2, 0) is 23.8 Å². The Morgan fingerprint density at radius 1 is 1.06 bits per heavy atom. The fourth-order valence-corrected chi connectivity index (χ4v) is 4.10. The second-order valence-electron chi connectivity index (χ2n) is 7.18. The van der Waals surface area contributed by atoms with Crippen LogP contribution < -0.4 is 5.32 Å². The van der Waals surface area contributed by atoms with E-state index in [1.54, 1.807) is 42.5 Å². The monoisotopic (exact) mass is 451 g/mol. The fourth-order valence-electron chi connectivity index (χ4n) is 3.18. The number of carbonyl (C=O) groups is 1. The molecule has 5 atom stereocenters. The van der Waals surface area contributed by atoms with Gasteiger partial charge in [0.2, 0.25) is 0 Å². The van der Waals surface area contributed by atoms with Gasteiger partial charge in [-0.15, -0.1) is 0 Å². The molecule has 3 N–H and O–H groups in total. The van der Waals surface area contributed by atoms with E-state index in [2.05, 4.69) is 5.32 Å². The number of aliphatic hydroxyl groups is 2. The lowest BCUT2D eigenvalue weighted by Gasteiger charge is -2.42. The molecule has 2 aromatic rings. The molecule has 168 valence electrons. The molecule has 0 spiro atoms. The van der Waals surface area contributed by atoms with Crippen molar-refractivity contribution in [3.05, 3.63) is 65.7 Å². The van der Waals surface area contributed by atoms with Gasteiger partial charge in [-0.25, -0.2) is 0 Å². The first-order chi connectivity index (χ1) is 14.7. The SMILES string of the molecule is CO[C@@H]1O[C@H](COS(=O)(=O)c2ccc(C)cc2)[C@H](O)[C@H](O)[C@@H]1NC(=O)c1ccccc1. The maximum atomic E-state index is 12.4. The quantitative estimate of drug-likeness (QED) is 0.522. The van der Waals surface area contributed by atoms with Gasteiger partial charge in [0.25, 0.3) is 16.0 Å². The number of methoxy groups -OCH3 is 1. The van der Waals surface area contributed by atoms with Crippen LogP contribution in [0.3, 0.4) is 0 Å². The molecule has 31 heavy (non-hydrogen) atoms. The third-order valence-corrected chi connectivity index (χ3v) is 6.26. The zero-order valence-electron chi connectivity index (χ0n) is 17.0. The third kappa shape index (κ3) is 5.48. The molecule has 1 aliphatic rings. The van der Waals surface area contributed by atoms with Crippen molar-refractivity contribution >= 4 is 16.0 Å². The van der Waals surface area contributed by atoms with Crippen molar-refractivity contribution in [3.8, 4) is 0 Å². The Kier molecular flexibility index (Phi) is 7.42. The van der Waals surface area contributed by atoms with Gasteiger partial charge in [-0.2, -0.15) is 8.42 Å². The minimum atomic E-state index is -4.09. The summed E-state index contributed by atoms with van der Waals surface area (Å²) >= 11 is 0. The highest BCUT2D eigenvalue weighted by molar-refractivity contribution is 7.86. The molecular formula is C21H25NO8S. The fraction of sp³-hybridized carbons (Fsp3) is 0.381. The summed E-state index contributed by atoms with van der Waals surface area (Å²) in [7, 11) is -2.79. The molecule has 1 aliphatic heterocycles. The van der Waals surface area contributed by atoms with E-state index in [-0.39, 0.29) is 4.90 Å². The number of rotatable bonds is 7. The predicted molar refractivity (Wildman–Crippen MR) is 110 cm³/mol. The molecule has 1 saturated heterocycles. The summed E-state index contributed by atoms with van der Waals surface area (Å²) in [6.07, 6.45) is -5.35. The maximum Gasteiger partial charge on any atom is 0.297 e. The molecule has 0 radical (unpaired) electrons. The predicted octanol–water partition coefficient (Wildman–Crippen LogP) is 0.592. The van der Waals surface area contributed by atoms with Gasteiger partial charge < -0.3 is 25.0 Å². The third-order valence-electron chi connectivity index (χ3n) is 4.96. The first-order valence-corrected chi connectivity index (χ1v) is 11.0. The molecule has 0 bridgehead atoms. The molecule has 9 nitrogen and oxygen atoms in total. The normalized spacial score (nSPS) is 26.4. The van der Waals surface area contributed by atoms with Crippen molar-refractivity contribution < 1.29 is 37.1 Å². The summed E-state index contributed by atoms with van der Waals surface area (Å²) in [5.41, 5.74) is 1.24. The average Bonchev–Trinajstić information content (AvgIpc) is 2.77. The van der Waals surface area contributed by atoms with Crippen LogP contribution in [0.15, 0.2) is 59.5 Å². The Labute approximate surface area is 180 Å². The molecule has 1 heterocycles. The van der Waals surface area contributed by atoms with E-state index in [0.29, 0.717) is 5.56 Å². The van der Waals surface area contributed by atoms with E-state index in [0.717, 1.165) is 5.56 Å². The van der Waals surface area contributed by atoms with E-state index >= 15 is 0 Å². The van der Waals surface area contributed by atoms with Crippen molar-refractivity contribution in [2.75, 3.05) is 13.7 Å². The zero-order chi connectivity index (χ0) is 22.6. The van der Waals surface area contributed by atoms with Gasteiger partial charge in [0.05, 0.1) is 11.5 Å². The Morgan fingerprint density at radius 3 is 2.32 bits per heavy atom. The summed E-state index contributed by atoms with van der Waals surface area (Å²) in [4.78, 5) is 12.4. The molecular weight excluding hydrogens is 426 g/mol. The number of aliphatic hydroxyl groups excluding tert-OH is 2. The van der Waals surface area contributed by atoms with Gasteiger partial charge in [-0.1, -0.05) is 35.9 Å². The van der Waals surface area contributed by atoms with E-state index < -0.39 is 53.3 Å². The smallest absolute Gasteiger partial charge is 0.297 e. The van der Waals surface area contributed by atoms with Crippen LogP contribution >= 0.6 is 0 Å². The van der Waals surface area contributed by atoms with Crippen LogP contribution in [0.25, 0.3) is 0 Å². The summed E-state index contributed by atoms with van der Waals surface area (Å²) in [6.45, 7) is 1.27. The number of aryl methyl sites for hydroxylation is 1. The van der Waals surface area contributed by atoms with E-state index in [4.69, 9.17) is 13.7 Å². The summed E-state index contributed by atoms with van der Waals surface area (Å²) in [5.74, 6) is -0.487. The highest BCUT2D eigenvalue weighted by Crippen LogP contribution is 2.24. The number of hydrogen-bond acceptors (Lipinski definition) is 8. The van der Waals surface area contributed by atoms with Gasteiger partial charge in [-0.05, 0) is 31.2 Å². The van der Waals surface area contributed by atoms with Gasteiger partial charge >= 0.3 is 0 Å². The minimum Gasteiger partial charge on any atom is -0.388 e. The number of benzene rings is 2. The topological polar surface area (TPSA) is 131 Å². The Balaban J connectivity index is 1.67. The molecule has 3 rings (SSSR count). The Morgan fingerprint density at radius 2 is 1.71 bits per heavy atom. The van der Waals surface area contributed by atoms with Crippen molar-refractivity contribution in [2.45, 2.75) is 42.5 Å². The maximum absolute atomic E-state index is 12.4. The van der Waals surface area contributed by atoms with Crippen LogP contribution in [0, 0.1) is 6.92 Å². The Bertz CT molecular complexity index is 978. The second-order valence-corrected chi connectivity index (χ2v) is 8.79. The summed E-state index contributed by atoms with van der Waals surface area (Å²) in [5, 5.41) is 23.6. The van der Waals surface area contributed by atoms with E-state index in [1.165, 1.54) is 19.2 Å². The number of ether oxygens (including phenoxy) is 2. The molecule has 0 saturated carbocycles. The summed E-state index contributed by atoms with van der Waals surface area (Å²) < 4.78 is 40.6. The zero-order valence-corrected chi connectivity index (χ0v) is 17.9. The van der Waals surface area contributed by atoms with Gasteiger partial charge in [-0.3, -0.25) is 8.98 Å². The highest BCUT2D eigenvalue weighted by Gasteiger charge is 2.46. The van der Waals surface area contributed by atoms with Gasteiger partial charge in [0, 0.05) is 12.7 Å². The van der Waals surface area contributed by atoms with Crippen LogP contribution in [0.2, 0.25) is 0 Å². The standard InChI is InChI=1S/C21H25NO8S/c1-13-8-10-15(11-9-13)31(26,27)29-12-16-18(23)19(24)17(21(28-2)30-16)22-20(25)14-6-4-3-5-7-14/h3-11,16-19,21,23-24H,12H2,1-2H3,(H,22,25)/t16-,17+,18+,19-,21-/m1/s1. The molecule has 1 fully saturated rings. The van der Waals surface area contributed by atoms with Crippen LogP contribution in [-0.4, -0.2) is 68.9 Å². The van der Waals surface area contributed by atoms with Crippen molar-refractivity contribution in [1.82, 2.24) is 5.32 Å². The Hall–Kier alpha value is -2.34. The number of amides is 1. The largest absolute Gasteiger partial charge is 0.388 e. The molecule has 2 aromatic carbocycles. The first-order valence-electron chi connectivity index (χ1n) is 9.59. The van der Waals surface area contributed by atoms with Crippen molar-refractivity contribution in [1.29, 1.82) is 0 Å². The van der Waals surface area contributed by atoms with Crippen LogP contribution in [0.5, 0.6) is 0 Å². The van der Waals surface area contributed by atoms with Gasteiger partial charge in [0.1, 0.15) is 24.4 Å². The molecule has 0 aliphatic carbocycles. The van der Waals surface area contributed by atoms with Crippen LogP contribution in [0.1, 0.15) is 15.9 Å². The summed E-state index contributed by atoms with van der Waals surface area (Å²) in [6, 6.07) is 13.3. The van der Waals surface area contributed by atoms with Crippen molar-refractivity contribution in [3.63, 3.8) is 0 Å². The number of nitrogens with one attached hydrogen (secondary N) is 1. The van der Waals surface area contributed by atoms with Crippen LogP contribution in [0.4, 0.5) is 0 Å². The molecule has 0 unspecified atom stereocenters. The molecule has 10 heteroatoms. The van der Waals surface area contributed by atoms with Crippen molar-refractivity contribution in [2.24, 2.45) is 0 Å². The first kappa shape index (κ1) is 23.3. The lowest BCUT2D eigenvalue weighted by Crippen LogP contribution is -2.64. The van der Waals surface area contributed by atoms with E-state index in [9.17, 15) is 23.4 Å². The lowest BCUT2D eigenvalue weighted by atomic mass is 9.96. The lowest BCUT2D eigenvalue weighted by molar-refractivity contribution is -0.259. The second kappa shape index (κ2) is 9.86. The highest BCUT2D eigenvalue weighted by atomic mass is 32.2. The number of hydrogen-bond donors (Lipinski definition) is 3. The minimum absolute atomic E-state index is 0.0414. The number of carbonyl (C=O) groups excluding carboxylic acids is 1. The van der Waals surface area contributed by atoms with E-state index in [1.807, 2.05) is 6.92 Å². The molecule has 1 amide bonds. The molecule has 0 aromatic heterocycles.